The summed E-state index contributed by atoms with van der Waals surface area (Å²) in [4.78, 5) is 40.6. The van der Waals surface area contributed by atoms with Crippen molar-refractivity contribution >= 4 is 17.8 Å². The van der Waals surface area contributed by atoms with Crippen molar-refractivity contribution in [2.45, 2.75) is 71.6 Å². The summed E-state index contributed by atoms with van der Waals surface area (Å²) < 4.78 is 21.7. The quantitative estimate of drug-likeness (QED) is 0.498. The summed E-state index contributed by atoms with van der Waals surface area (Å²) in [7, 11) is 1.38. The van der Waals surface area contributed by atoms with E-state index < -0.39 is 30.0 Å². The SMILES string of the molecule is CCC[C@@H](OCC1CC1)[C@H](C)OC(=O)[C@H](C)NC(=O)c1nccc(OC)c1OC(C)=O. The molecule has 0 bridgehead atoms. The first-order valence-electron chi connectivity index (χ1n) is 10.6. The van der Waals surface area contributed by atoms with E-state index in [9.17, 15) is 14.4 Å². The van der Waals surface area contributed by atoms with Gasteiger partial charge in [0, 0.05) is 25.8 Å². The van der Waals surface area contributed by atoms with E-state index >= 15 is 0 Å². The van der Waals surface area contributed by atoms with E-state index in [-0.39, 0.29) is 23.3 Å². The van der Waals surface area contributed by atoms with Crippen LogP contribution in [0, 0.1) is 5.92 Å². The fourth-order valence-corrected chi connectivity index (χ4v) is 2.96. The molecule has 9 heteroatoms. The van der Waals surface area contributed by atoms with Crippen molar-refractivity contribution in [3.8, 4) is 11.5 Å². The molecule has 1 aromatic rings. The van der Waals surface area contributed by atoms with Crippen LogP contribution in [0.15, 0.2) is 12.3 Å². The molecular formula is C22H32N2O7. The zero-order valence-electron chi connectivity index (χ0n) is 18.8. The van der Waals surface area contributed by atoms with Crippen molar-refractivity contribution in [2.24, 2.45) is 5.92 Å². The molecule has 0 radical (unpaired) electrons. The zero-order chi connectivity index (χ0) is 23.0. The number of rotatable bonds is 12. The molecule has 1 saturated carbocycles. The van der Waals surface area contributed by atoms with Crippen LogP contribution in [-0.4, -0.2) is 54.8 Å². The smallest absolute Gasteiger partial charge is 0.328 e. The molecule has 1 aliphatic rings. The van der Waals surface area contributed by atoms with Crippen molar-refractivity contribution in [1.82, 2.24) is 10.3 Å². The van der Waals surface area contributed by atoms with Gasteiger partial charge in [-0.25, -0.2) is 9.78 Å². The summed E-state index contributed by atoms with van der Waals surface area (Å²) in [6.45, 7) is 7.24. The highest BCUT2D eigenvalue weighted by Gasteiger charge is 2.29. The number of esters is 2. The Morgan fingerprint density at radius 1 is 1.26 bits per heavy atom. The third kappa shape index (κ3) is 7.50. The molecule has 1 amide bonds. The minimum absolute atomic E-state index is 0.111. The Hall–Kier alpha value is -2.68. The van der Waals surface area contributed by atoms with E-state index in [0.29, 0.717) is 12.5 Å². The zero-order valence-corrected chi connectivity index (χ0v) is 18.8. The van der Waals surface area contributed by atoms with Gasteiger partial charge >= 0.3 is 11.9 Å². The average molecular weight is 437 g/mol. The van der Waals surface area contributed by atoms with E-state index in [1.807, 2.05) is 6.92 Å². The van der Waals surface area contributed by atoms with Gasteiger partial charge in [-0.3, -0.25) is 9.59 Å². The van der Waals surface area contributed by atoms with Gasteiger partial charge in [-0.15, -0.1) is 0 Å². The van der Waals surface area contributed by atoms with Crippen LogP contribution in [0.4, 0.5) is 0 Å². The maximum atomic E-state index is 12.7. The van der Waals surface area contributed by atoms with Gasteiger partial charge in [-0.1, -0.05) is 13.3 Å². The van der Waals surface area contributed by atoms with Crippen molar-refractivity contribution < 1.29 is 33.3 Å². The Kier molecular flexibility index (Phi) is 9.23. The minimum Gasteiger partial charge on any atom is -0.493 e. The molecule has 1 heterocycles. The topological polar surface area (TPSA) is 113 Å². The molecule has 3 atom stereocenters. The predicted molar refractivity (Wildman–Crippen MR) is 112 cm³/mol. The minimum atomic E-state index is -0.946. The number of nitrogens with zero attached hydrogens (tertiary/aromatic N) is 1. The van der Waals surface area contributed by atoms with Crippen molar-refractivity contribution in [3.05, 3.63) is 18.0 Å². The van der Waals surface area contributed by atoms with Gasteiger partial charge in [0.15, 0.2) is 11.4 Å². The molecule has 1 aromatic heterocycles. The van der Waals surface area contributed by atoms with E-state index in [4.69, 9.17) is 18.9 Å². The fourth-order valence-electron chi connectivity index (χ4n) is 2.96. The lowest BCUT2D eigenvalue weighted by atomic mass is 10.1. The summed E-state index contributed by atoms with van der Waals surface area (Å²) in [5.41, 5.74) is -0.168. The van der Waals surface area contributed by atoms with E-state index in [1.54, 1.807) is 6.92 Å². The number of ether oxygens (including phenoxy) is 4. The van der Waals surface area contributed by atoms with Gasteiger partial charge in [0.05, 0.1) is 13.2 Å². The standard InChI is InChI=1S/C22H32N2O7/c1-6-7-17(29-12-16-8-9-16)14(3)30-22(27)13(2)24-21(26)19-20(31-15(4)25)18(28-5)10-11-23-19/h10-11,13-14,16-17H,6-9,12H2,1-5H3,(H,24,26)/t13-,14-,17+/m0/s1. The number of methoxy groups -OCH3 is 1. The molecule has 172 valence electrons. The van der Waals surface area contributed by atoms with Crippen LogP contribution < -0.4 is 14.8 Å². The lowest BCUT2D eigenvalue weighted by molar-refractivity contribution is -0.158. The van der Waals surface area contributed by atoms with Gasteiger partial charge in [0.2, 0.25) is 5.75 Å². The number of amides is 1. The number of carbonyl (C=O) groups is 3. The predicted octanol–water partition coefficient (Wildman–Crippen LogP) is 2.66. The van der Waals surface area contributed by atoms with Crippen LogP contribution in [0.3, 0.4) is 0 Å². The summed E-state index contributed by atoms with van der Waals surface area (Å²) in [5, 5.41) is 2.53. The second-order valence-electron chi connectivity index (χ2n) is 7.73. The normalized spacial score (nSPS) is 16.0. The van der Waals surface area contributed by atoms with Gasteiger partial charge < -0.3 is 24.3 Å². The monoisotopic (exact) mass is 436 g/mol. The second kappa shape index (κ2) is 11.6. The summed E-state index contributed by atoms with van der Waals surface area (Å²) >= 11 is 0. The summed E-state index contributed by atoms with van der Waals surface area (Å²) in [6, 6.07) is 0.517. The molecule has 31 heavy (non-hydrogen) atoms. The van der Waals surface area contributed by atoms with E-state index in [2.05, 4.69) is 10.3 Å². The highest BCUT2D eigenvalue weighted by atomic mass is 16.6. The molecule has 0 spiro atoms. The Morgan fingerprint density at radius 2 is 1.97 bits per heavy atom. The number of hydrogen-bond acceptors (Lipinski definition) is 8. The fraction of sp³-hybridized carbons (Fsp3) is 0.636. The Balaban J connectivity index is 1.99. The molecule has 0 unspecified atom stereocenters. The summed E-state index contributed by atoms with van der Waals surface area (Å²) in [5.74, 6) is -1.23. The average Bonchev–Trinajstić information content (AvgIpc) is 3.55. The number of pyridine rings is 1. The first-order valence-corrected chi connectivity index (χ1v) is 10.6. The first-order chi connectivity index (χ1) is 14.8. The number of hydrogen-bond donors (Lipinski definition) is 1. The van der Waals surface area contributed by atoms with Crippen molar-refractivity contribution in [3.63, 3.8) is 0 Å². The molecule has 1 fully saturated rings. The number of aromatic nitrogens is 1. The number of carbonyl (C=O) groups excluding carboxylic acids is 3. The molecule has 9 nitrogen and oxygen atoms in total. The summed E-state index contributed by atoms with van der Waals surface area (Å²) in [6.07, 6.45) is 4.77. The Labute approximate surface area is 182 Å². The third-order valence-corrected chi connectivity index (χ3v) is 4.89. The highest BCUT2D eigenvalue weighted by Crippen LogP contribution is 2.30. The Bertz CT molecular complexity index is 779. The van der Waals surface area contributed by atoms with E-state index in [1.165, 1.54) is 46.1 Å². The molecule has 0 saturated heterocycles. The first kappa shape index (κ1) is 24.6. The van der Waals surface area contributed by atoms with E-state index in [0.717, 1.165) is 12.8 Å². The highest BCUT2D eigenvalue weighted by molar-refractivity contribution is 5.98. The van der Waals surface area contributed by atoms with Crippen LogP contribution >= 0.6 is 0 Å². The van der Waals surface area contributed by atoms with Gasteiger partial charge in [0.1, 0.15) is 12.1 Å². The van der Waals surface area contributed by atoms with Gasteiger partial charge in [-0.05, 0) is 39.0 Å². The Morgan fingerprint density at radius 3 is 2.55 bits per heavy atom. The van der Waals surface area contributed by atoms with Crippen LogP contribution in [0.25, 0.3) is 0 Å². The molecular weight excluding hydrogens is 404 g/mol. The molecule has 1 N–H and O–H groups in total. The molecule has 1 aliphatic carbocycles. The lowest BCUT2D eigenvalue weighted by Gasteiger charge is -2.25. The largest absolute Gasteiger partial charge is 0.493 e. The second-order valence-corrected chi connectivity index (χ2v) is 7.73. The molecule has 0 aliphatic heterocycles. The third-order valence-electron chi connectivity index (χ3n) is 4.89. The molecule has 2 rings (SSSR count). The van der Waals surface area contributed by atoms with Crippen molar-refractivity contribution in [2.75, 3.05) is 13.7 Å². The maximum absolute atomic E-state index is 12.7. The maximum Gasteiger partial charge on any atom is 0.328 e. The van der Waals surface area contributed by atoms with Crippen LogP contribution in [0.5, 0.6) is 11.5 Å². The lowest BCUT2D eigenvalue weighted by Crippen LogP contribution is -2.43. The van der Waals surface area contributed by atoms with Gasteiger partial charge in [-0.2, -0.15) is 0 Å². The van der Waals surface area contributed by atoms with Crippen LogP contribution in [0.2, 0.25) is 0 Å². The van der Waals surface area contributed by atoms with Gasteiger partial charge in [0.25, 0.3) is 5.91 Å². The van der Waals surface area contributed by atoms with Crippen molar-refractivity contribution in [1.29, 1.82) is 0 Å². The number of nitrogens with one attached hydrogen (secondary N) is 1. The molecule has 0 aromatic carbocycles. The van der Waals surface area contributed by atoms with Crippen LogP contribution in [0.1, 0.15) is 63.9 Å². The van der Waals surface area contributed by atoms with Crippen LogP contribution in [-0.2, 0) is 19.1 Å².